The van der Waals surface area contributed by atoms with Crippen molar-refractivity contribution in [1.29, 1.82) is 5.26 Å². The van der Waals surface area contributed by atoms with Gasteiger partial charge in [0.2, 0.25) is 0 Å². The zero-order valence-electron chi connectivity index (χ0n) is 9.80. The van der Waals surface area contributed by atoms with Gasteiger partial charge in [-0.1, -0.05) is 0 Å². The van der Waals surface area contributed by atoms with E-state index in [1.807, 2.05) is 12.1 Å². The third-order valence-electron chi connectivity index (χ3n) is 2.46. The Bertz CT molecular complexity index is 359. The quantitative estimate of drug-likeness (QED) is 0.577. The van der Waals surface area contributed by atoms with Crippen molar-refractivity contribution in [2.24, 2.45) is 5.73 Å². The fourth-order valence-electron chi connectivity index (χ4n) is 1.42. The van der Waals surface area contributed by atoms with Gasteiger partial charge in [0.05, 0.1) is 18.2 Å². The van der Waals surface area contributed by atoms with Crippen LogP contribution in [0.3, 0.4) is 0 Å². The number of ether oxygens (including phenoxy) is 1. The van der Waals surface area contributed by atoms with E-state index in [0.29, 0.717) is 12.2 Å². The van der Waals surface area contributed by atoms with Crippen LogP contribution in [-0.4, -0.2) is 18.4 Å². The van der Waals surface area contributed by atoms with E-state index in [9.17, 15) is 0 Å². The maximum absolute atomic E-state index is 8.64. The summed E-state index contributed by atoms with van der Waals surface area (Å²) in [5, 5.41) is 8.64. The average molecular weight is 250 g/mol. The van der Waals surface area contributed by atoms with E-state index < -0.39 is 0 Å². The molecule has 0 aliphatic rings. The maximum atomic E-state index is 8.64. The highest BCUT2D eigenvalue weighted by Gasteiger charge is 1.99. The molecule has 2 N–H and O–H groups in total. The monoisotopic (exact) mass is 250 g/mol. The molecule has 0 radical (unpaired) electrons. The second-order valence-corrected chi connectivity index (χ2v) is 4.29. The van der Waals surface area contributed by atoms with Crippen molar-refractivity contribution < 1.29 is 4.74 Å². The number of nitriles is 1. The molecule has 1 rings (SSSR count). The fourth-order valence-corrected chi connectivity index (χ4v) is 1.60. The molecule has 1 aromatic rings. The Kier molecular flexibility index (Phi) is 6.53. The lowest BCUT2D eigenvalue weighted by Crippen LogP contribution is -2.21. The minimum atomic E-state index is 0.188. The molecule has 0 aliphatic carbocycles. The van der Waals surface area contributed by atoms with Gasteiger partial charge in [-0.2, -0.15) is 17.9 Å². The van der Waals surface area contributed by atoms with Crippen LogP contribution >= 0.6 is 12.6 Å². The number of benzene rings is 1. The predicted octanol–water partition coefficient (Wildman–Crippen LogP) is 2.36. The summed E-state index contributed by atoms with van der Waals surface area (Å²) >= 11 is 4.13. The summed E-state index contributed by atoms with van der Waals surface area (Å²) < 4.78 is 5.55. The highest BCUT2D eigenvalue weighted by atomic mass is 32.1. The first kappa shape index (κ1) is 13.9. The van der Waals surface area contributed by atoms with Crippen LogP contribution in [0.4, 0.5) is 0 Å². The molecule has 0 saturated carbocycles. The number of hydrogen-bond acceptors (Lipinski definition) is 4. The molecule has 0 aliphatic heterocycles. The summed E-state index contributed by atoms with van der Waals surface area (Å²) in [4.78, 5) is 0. The first-order valence-electron chi connectivity index (χ1n) is 5.75. The van der Waals surface area contributed by atoms with Crippen molar-refractivity contribution in [2.45, 2.75) is 25.3 Å². The van der Waals surface area contributed by atoms with E-state index in [-0.39, 0.29) is 6.04 Å². The Balaban J connectivity index is 2.16. The molecular weight excluding hydrogens is 232 g/mol. The van der Waals surface area contributed by atoms with E-state index in [1.165, 1.54) is 0 Å². The average Bonchev–Trinajstić information content (AvgIpc) is 2.38. The van der Waals surface area contributed by atoms with E-state index >= 15 is 0 Å². The molecular formula is C13H18N2OS. The SMILES string of the molecule is N#Cc1ccc(OCCCCC(N)CS)cc1. The Morgan fingerprint density at radius 2 is 2.00 bits per heavy atom. The van der Waals surface area contributed by atoms with Crippen molar-refractivity contribution in [2.75, 3.05) is 12.4 Å². The van der Waals surface area contributed by atoms with Gasteiger partial charge in [0.15, 0.2) is 0 Å². The van der Waals surface area contributed by atoms with Crippen molar-refractivity contribution in [1.82, 2.24) is 0 Å². The Morgan fingerprint density at radius 1 is 1.29 bits per heavy atom. The maximum Gasteiger partial charge on any atom is 0.119 e. The highest BCUT2D eigenvalue weighted by Crippen LogP contribution is 2.12. The molecule has 0 spiro atoms. The smallest absolute Gasteiger partial charge is 0.119 e. The van der Waals surface area contributed by atoms with Gasteiger partial charge in [0.25, 0.3) is 0 Å². The summed E-state index contributed by atoms with van der Waals surface area (Å²) in [6, 6.07) is 9.41. The third-order valence-corrected chi connectivity index (χ3v) is 2.92. The highest BCUT2D eigenvalue weighted by molar-refractivity contribution is 7.80. The van der Waals surface area contributed by atoms with Crippen LogP contribution in [0.1, 0.15) is 24.8 Å². The fraction of sp³-hybridized carbons (Fsp3) is 0.462. The summed E-state index contributed by atoms with van der Waals surface area (Å²) in [7, 11) is 0. The number of unbranched alkanes of at least 4 members (excludes halogenated alkanes) is 1. The van der Waals surface area contributed by atoms with E-state index in [1.54, 1.807) is 12.1 Å². The number of rotatable bonds is 7. The molecule has 0 heterocycles. The van der Waals surface area contributed by atoms with Gasteiger partial charge in [-0.25, -0.2) is 0 Å². The lowest BCUT2D eigenvalue weighted by Gasteiger charge is -2.08. The van der Waals surface area contributed by atoms with Crippen LogP contribution in [0.5, 0.6) is 5.75 Å². The van der Waals surface area contributed by atoms with E-state index in [0.717, 1.165) is 30.8 Å². The third kappa shape index (κ3) is 5.62. The lowest BCUT2D eigenvalue weighted by molar-refractivity contribution is 0.304. The Morgan fingerprint density at radius 3 is 2.59 bits per heavy atom. The molecule has 1 unspecified atom stereocenters. The number of thiol groups is 1. The molecule has 92 valence electrons. The number of hydrogen-bond donors (Lipinski definition) is 2. The van der Waals surface area contributed by atoms with Crippen molar-refractivity contribution in [3.63, 3.8) is 0 Å². The summed E-state index contributed by atoms with van der Waals surface area (Å²) in [5.41, 5.74) is 6.40. The van der Waals surface area contributed by atoms with Crippen LogP contribution in [0, 0.1) is 11.3 Å². The van der Waals surface area contributed by atoms with Gasteiger partial charge in [-0.05, 0) is 43.5 Å². The van der Waals surface area contributed by atoms with Gasteiger partial charge in [0, 0.05) is 11.8 Å². The first-order chi connectivity index (χ1) is 8.26. The standard InChI is InChI=1S/C13H18N2OS/c14-9-11-4-6-13(7-5-11)16-8-2-1-3-12(15)10-17/h4-7,12,17H,1-3,8,10,15H2. The minimum absolute atomic E-state index is 0.188. The Hall–Kier alpha value is -1.18. The molecule has 0 amide bonds. The van der Waals surface area contributed by atoms with Gasteiger partial charge < -0.3 is 10.5 Å². The second-order valence-electron chi connectivity index (χ2n) is 3.92. The summed E-state index contributed by atoms with van der Waals surface area (Å²) in [5.74, 6) is 1.54. The van der Waals surface area contributed by atoms with E-state index in [2.05, 4.69) is 18.7 Å². The van der Waals surface area contributed by atoms with Crippen molar-refractivity contribution in [3.8, 4) is 11.8 Å². The van der Waals surface area contributed by atoms with Crippen LogP contribution in [0.15, 0.2) is 24.3 Å². The summed E-state index contributed by atoms with van der Waals surface area (Å²) in [6.07, 6.45) is 3.03. The van der Waals surface area contributed by atoms with Crippen LogP contribution in [0.2, 0.25) is 0 Å². The Labute approximate surface area is 108 Å². The summed E-state index contributed by atoms with van der Waals surface area (Å²) in [6.45, 7) is 0.686. The van der Waals surface area contributed by atoms with Crippen LogP contribution in [-0.2, 0) is 0 Å². The lowest BCUT2D eigenvalue weighted by atomic mass is 10.1. The van der Waals surface area contributed by atoms with E-state index in [4.69, 9.17) is 15.7 Å². The zero-order chi connectivity index (χ0) is 12.5. The molecule has 0 saturated heterocycles. The molecule has 0 fully saturated rings. The molecule has 17 heavy (non-hydrogen) atoms. The first-order valence-corrected chi connectivity index (χ1v) is 6.39. The molecule has 0 bridgehead atoms. The molecule has 0 aromatic heterocycles. The van der Waals surface area contributed by atoms with Gasteiger partial charge in [-0.3, -0.25) is 0 Å². The molecule has 1 atom stereocenters. The van der Waals surface area contributed by atoms with Gasteiger partial charge >= 0.3 is 0 Å². The van der Waals surface area contributed by atoms with Crippen LogP contribution in [0.25, 0.3) is 0 Å². The second kappa shape index (κ2) is 7.99. The van der Waals surface area contributed by atoms with Crippen LogP contribution < -0.4 is 10.5 Å². The normalized spacial score (nSPS) is 11.8. The van der Waals surface area contributed by atoms with Gasteiger partial charge in [-0.15, -0.1) is 0 Å². The minimum Gasteiger partial charge on any atom is -0.494 e. The molecule has 4 heteroatoms. The predicted molar refractivity (Wildman–Crippen MR) is 72.3 cm³/mol. The number of nitrogens with two attached hydrogens (primary N) is 1. The van der Waals surface area contributed by atoms with Crippen molar-refractivity contribution in [3.05, 3.63) is 29.8 Å². The van der Waals surface area contributed by atoms with Crippen molar-refractivity contribution >= 4 is 12.6 Å². The topological polar surface area (TPSA) is 59.0 Å². The van der Waals surface area contributed by atoms with Gasteiger partial charge in [0.1, 0.15) is 5.75 Å². The molecule has 3 nitrogen and oxygen atoms in total. The number of nitrogens with zero attached hydrogens (tertiary/aromatic N) is 1. The zero-order valence-corrected chi connectivity index (χ0v) is 10.7. The molecule has 1 aromatic carbocycles. The largest absolute Gasteiger partial charge is 0.494 e.